The summed E-state index contributed by atoms with van der Waals surface area (Å²) in [4.78, 5) is 0. The minimum absolute atomic E-state index is 0.448. The third kappa shape index (κ3) is 12.3. The first kappa shape index (κ1) is 26.2. The van der Waals surface area contributed by atoms with Crippen LogP contribution in [0.25, 0.3) is 5.57 Å². The smallest absolute Gasteiger partial charge is 0.0150 e. The van der Waals surface area contributed by atoms with Crippen molar-refractivity contribution in [3.05, 3.63) is 90.6 Å². The molecule has 0 heterocycles. The lowest BCUT2D eigenvalue weighted by Gasteiger charge is -2.16. The fourth-order valence-electron chi connectivity index (χ4n) is 2.26. The predicted octanol–water partition coefficient (Wildman–Crippen LogP) is 8.59. The van der Waals surface area contributed by atoms with Crippen molar-refractivity contribution in [2.24, 2.45) is 5.92 Å². The van der Waals surface area contributed by atoms with Gasteiger partial charge in [0.25, 0.3) is 0 Å². The maximum absolute atomic E-state index is 4.07. The van der Waals surface area contributed by atoms with Crippen LogP contribution in [-0.2, 0) is 6.42 Å². The van der Waals surface area contributed by atoms with Crippen LogP contribution in [0.5, 0.6) is 0 Å². The molecule has 0 fully saturated rings. The van der Waals surface area contributed by atoms with E-state index in [1.165, 1.54) is 28.7 Å². The summed E-state index contributed by atoms with van der Waals surface area (Å²) in [5, 5.41) is 0. The summed E-state index contributed by atoms with van der Waals surface area (Å²) < 4.78 is 0. The van der Waals surface area contributed by atoms with Gasteiger partial charge in [0.05, 0.1) is 0 Å². The van der Waals surface area contributed by atoms with Gasteiger partial charge in [0.2, 0.25) is 0 Å². The van der Waals surface area contributed by atoms with E-state index in [9.17, 15) is 0 Å². The lowest BCUT2D eigenvalue weighted by molar-refractivity contribution is 0.693. The molecule has 0 heteroatoms. The Labute approximate surface area is 163 Å². The van der Waals surface area contributed by atoms with Crippen LogP contribution in [0.2, 0.25) is 0 Å². The van der Waals surface area contributed by atoms with Gasteiger partial charge < -0.3 is 0 Å². The molecular formula is C26H40. The molecule has 0 radical (unpaired) electrons. The zero-order valence-corrected chi connectivity index (χ0v) is 18.2. The minimum Gasteiger partial charge on any atom is -0.103 e. The molecule has 1 aromatic carbocycles. The Balaban J connectivity index is 0. The Morgan fingerprint density at radius 2 is 1.54 bits per heavy atom. The number of hydrogen-bond acceptors (Lipinski definition) is 0. The van der Waals surface area contributed by atoms with Gasteiger partial charge >= 0.3 is 0 Å². The molecule has 0 nitrogen and oxygen atoms in total. The van der Waals surface area contributed by atoms with E-state index in [1.807, 2.05) is 13.0 Å². The molecule has 0 aliphatic rings. The Kier molecular flexibility index (Phi) is 16.5. The Hall–Kier alpha value is -2.08. The summed E-state index contributed by atoms with van der Waals surface area (Å²) in [7, 11) is 0. The van der Waals surface area contributed by atoms with E-state index >= 15 is 0 Å². The van der Waals surface area contributed by atoms with Crippen LogP contribution in [0.4, 0.5) is 0 Å². The van der Waals surface area contributed by atoms with Crippen molar-refractivity contribution in [2.45, 2.75) is 61.3 Å². The van der Waals surface area contributed by atoms with E-state index < -0.39 is 0 Å². The van der Waals surface area contributed by atoms with Gasteiger partial charge in [0, 0.05) is 0 Å². The lowest BCUT2D eigenvalue weighted by Crippen LogP contribution is -2.04. The van der Waals surface area contributed by atoms with Crippen molar-refractivity contribution in [3.8, 4) is 0 Å². The highest BCUT2D eigenvalue weighted by Crippen LogP contribution is 2.24. The summed E-state index contributed by atoms with van der Waals surface area (Å²) in [6.07, 6.45) is 10.3. The average Bonchev–Trinajstić information content (AvgIpc) is 2.57. The van der Waals surface area contributed by atoms with Gasteiger partial charge in [-0.25, -0.2) is 0 Å². The summed E-state index contributed by atoms with van der Waals surface area (Å²) in [6, 6.07) is 8.52. The molecule has 0 unspecified atom stereocenters. The Morgan fingerprint density at radius 3 is 1.96 bits per heavy atom. The molecule has 0 bridgehead atoms. The first-order valence-electron chi connectivity index (χ1n) is 9.57. The quantitative estimate of drug-likeness (QED) is 0.355. The largest absolute Gasteiger partial charge is 0.103 e. The number of hydrogen-bond donors (Lipinski definition) is 0. The van der Waals surface area contributed by atoms with Crippen molar-refractivity contribution in [1.29, 1.82) is 0 Å². The van der Waals surface area contributed by atoms with E-state index in [0.717, 1.165) is 12.0 Å². The summed E-state index contributed by atoms with van der Waals surface area (Å²) in [6.45, 7) is 26.1. The Bertz CT molecular complexity index is 592. The minimum atomic E-state index is 0.448. The maximum Gasteiger partial charge on any atom is -0.0150 e. The first-order valence-corrected chi connectivity index (χ1v) is 9.57. The maximum atomic E-state index is 4.07. The van der Waals surface area contributed by atoms with Crippen molar-refractivity contribution in [3.63, 3.8) is 0 Å². The van der Waals surface area contributed by atoms with Crippen molar-refractivity contribution in [1.82, 2.24) is 0 Å². The number of rotatable bonds is 6. The van der Waals surface area contributed by atoms with E-state index in [4.69, 9.17) is 0 Å². The van der Waals surface area contributed by atoms with Crippen LogP contribution in [0.1, 0.15) is 66.0 Å². The molecule has 0 saturated carbocycles. The summed E-state index contributed by atoms with van der Waals surface area (Å²) >= 11 is 0. The molecular weight excluding hydrogens is 312 g/mol. The highest BCUT2D eigenvalue weighted by atomic mass is 14.1. The van der Waals surface area contributed by atoms with Gasteiger partial charge in [0.1, 0.15) is 0 Å². The fourth-order valence-corrected chi connectivity index (χ4v) is 2.26. The van der Waals surface area contributed by atoms with E-state index in [0.29, 0.717) is 5.92 Å². The van der Waals surface area contributed by atoms with Crippen LogP contribution >= 0.6 is 0 Å². The summed E-state index contributed by atoms with van der Waals surface area (Å²) in [5.74, 6) is 0.448. The van der Waals surface area contributed by atoms with Crippen LogP contribution in [0.15, 0.2) is 79.5 Å². The molecule has 0 amide bonds. The molecule has 0 saturated heterocycles. The fraction of sp³-hybridized carbons (Fsp3) is 0.385. The van der Waals surface area contributed by atoms with Gasteiger partial charge in [-0.3, -0.25) is 0 Å². The molecule has 0 aliphatic heterocycles. The third-order valence-corrected chi connectivity index (χ3v) is 3.42. The van der Waals surface area contributed by atoms with E-state index in [2.05, 4.69) is 97.7 Å². The molecule has 1 rings (SSSR count). The molecule has 1 aromatic rings. The highest BCUT2D eigenvalue weighted by molar-refractivity contribution is 5.64. The van der Waals surface area contributed by atoms with Crippen molar-refractivity contribution in [2.75, 3.05) is 0 Å². The molecule has 0 aromatic heterocycles. The zero-order valence-electron chi connectivity index (χ0n) is 18.2. The normalized spacial score (nSPS) is 11.0. The van der Waals surface area contributed by atoms with Crippen LogP contribution in [0, 0.1) is 5.92 Å². The first-order chi connectivity index (χ1) is 12.3. The van der Waals surface area contributed by atoms with Gasteiger partial charge in [-0.1, -0.05) is 100 Å². The predicted molar refractivity (Wildman–Crippen MR) is 124 cm³/mol. The third-order valence-electron chi connectivity index (χ3n) is 3.42. The second kappa shape index (κ2) is 16.4. The van der Waals surface area contributed by atoms with E-state index in [-0.39, 0.29) is 0 Å². The lowest BCUT2D eigenvalue weighted by atomic mass is 9.89. The Morgan fingerprint density at radius 1 is 1.04 bits per heavy atom. The second-order valence-electron chi connectivity index (χ2n) is 6.77. The van der Waals surface area contributed by atoms with Crippen LogP contribution in [-0.4, -0.2) is 0 Å². The second-order valence-corrected chi connectivity index (χ2v) is 6.77. The van der Waals surface area contributed by atoms with Gasteiger partial charge in [-0.2, -0.15) is 0 Å². The molecule has 0 N–H and O–H groups in total. The van der Waals surface area contributed by atoms with Crippen LogP contribution in [0.3, 0.4) is 0 Å². The SMILES string of the molecule is C=C/C(=C\C=C(C)C)[C@@H](C)Cc1ccccc1C(=C)C.C=CC.CCC. The topological polar surface area (TPSA) is 0 Å². The van der Waals surface area contributed by atoms with Gasteiger partial charge in [0.15, 0.2) is 0 Å². The highest BCUT2D eigenvalue weighted by Gasteiger charge is 2.10. The molecule has 0 aliphatic carbocycles. The summed E-state index contributed by atoms with van der Waals surface area (Å²) in [5.41, 5.74) is 6.34. The molecule has 0 spiro atoms. The molecule has 144 valence electrons. The molecule has 1 atom stereocenters. The zero-order chi connectivity index (χ0) is 20.5. The van der Waals surface area contributed by atoms with Gasteiger partial charge in [-0.05, 0) is 56.7 Å². The van der Waals surface area contributed by atoms with Crippen molar-refractivity contribution < 1.29 is 0 Å². The number of allylic oxidation sites excluding steroid dienone is 7. The van der Waals surface area contributed by atoms with Crippen molar-refractivity contribution >= 4 is 5.57 Å². The standard InChI is InChI=1S/C20H26.C3H8.C3H6/c1-7-18(13-12-15(2)3)17(6)14-19-10-8-9-11-20(19)16(4)5;2*1-3-2/h7-13,17H,1,4,14H2,2-3,5-6H3;3H2,1-2H3;3H,1H2,2H3/b18-13+;;/t17-;;/m0../s1. The van der Waals surface area contributed by atoms with Crippen LogP contribution < -0.4 is 0 Å². The number of benzene rings is 1. The average molecular weight is 353 g/mol. The van der Waals surface area contributed by atoms with E-state index in [1.54, 1.807) is 6.08 Å². The molecule has 26 heavy (non-hydrogen) atoms. The monoisotopic (exact) mass is 352 g/mol. The van der Waals surface area contributed by atoms with Gasteiger partial charge in [-0.15, -0.1) is 6.58 Å².